The Labute approximate surface area is 96.9 Å². The van der Waals surface area contributed by atoms with Crippen molar-refractivity contribution in [1.29, 1.82) is 0 Å². The zero-order valence-corrected chi connectivity index (χ0v) is 10.8. The molecule has 0 fully saturated rings. The zero-order valence-electron chi connectivity index (χ0n) is 9.95. The first kappa shape index (κ1) is 12.5. The third-order valence-electron chi connectivity index (χ3n) is 2.58. The van der Waals surface area contributed by atoms with Gasteiger partial charge in [-0.3, -0.25) is 0 Å². The number of thiophene rings is 1. The maximum atomic E-state index is 5.70. The molecule has 1 rings (SSSR count). The SMILES string of the molecule is CCN(CC)CCCOc1cscc1C. The summed E-state index contributed by atoms with van der Waals surface area (Å²) in [6, 6.07) is 0. The molecule has 1 aromatic heterocycles. The molecule has 0 amide bonds. The molecule has 0 bridgehead atoms. The second-order valence-electron chi connectivity index (χ2n) is 3.65. The molecule has 0 aromatic carbocycles. The Balaban J connectivity index is 2.14. The van der Waals surface area contributed by atoms with Crippen LogP contribution in [0.5, 0.6) is 5.75 Å². The Kier molecular flexibility index (Phi) is 5.73. The van der Waals surface area contributed by atoms with E-state index in [0.717, 1.165) is 38.4 Å². The van der Waals surface area contributed by atoms with Crippen molar-refractivity contribution in [3.05, 3.63) is 16.3 Å². The molecule has 0 saturated carbocycles. The molecule has 0 aliphatic rings. The van der Waals surface area contributed by atoms with Crippen molar-refractivity contribution in [2.45, 2.75) is 27.2 Å². The smallest absolute Gasteiger partial charge is 0.132 e. The van der Waals surface area contributed by atoms with Crippen LogP contribution in [0.1, 0.15) is 25.8 Å². The van der Waals surface area contributed by atoms with Crippen LogP contribution in [0.25, 0.3) is 0 Å². The first-order valence-corrected chi connectivity index (χ1v) is 6.60. The molecule has 3 heteroatoms. The Morgan fingerprint density at radius 1 is 1.27 bits per heavy atom. The van der Waals surface area contributed by atoms with Gasteiger partial charge in [0.15, 0.2) is 0 Å². The summed E-state index contributed by atoms with van der Waals surface area (Å²) >= 11 is 1.70. The monoisotopic (exact) mass is 227 g/mol. The lowest BCUT2D eigenvalue weighted by molar-refractivity contribution is 0.249. The van der Waals surface area contributed by atoms with Crippen LogP contribution in [0.3, 0.4) is 0 Å². The predicted molar refractivity (Wildman–Crippen MR) is 67.0 cm³/mol. The Bertz CT molecular complexity index is 268. The minimum absolute atomic E-state index is 0.827. The number of ether oxygens (including phenoxy) is 1. The van der Waals surface area contributed by atoms with Crippen molar-refractivity contribution in [3.8, 4) is 5.75 Å². The van der Waals surface area contributed by atoms with E-state index < -0.39 is 0 Å². The Hall–Kier alpha value is -0.540. The van der Waals surface area contributed by atoms with Gasteiger partial charge in [-0.1, -0.05) is 13.8 Å². The highest BCUT2D eigenvalue weighted by Gasteiger charge is 2.01. The molecular weight excluding hydrogens is 206 g/mol. The van der Waals surface area contributed by atoms with Crippen molar-refractivity contribution in [2.75, 3.05) is 26.2 Å². The predicted octanol–water partition coefficient (Wildman–Crippen LogP) is 3.17. The van der Waals surface area contributed by atoms with Crippen molar-refractivity contribution in [1.82, 2.24) is 4.90 Å². The first-order valence-electron chi connectivity index (χ1n) is 5.65. The molecule has 2 nitrogen and oxygen atoms in total. The van der Waals surface area contributed by atoms with Gasteiger partial charge in [-0.25, -0.2) is 0 Å². The molecule has 15 heavy (non-hydrogen) atoms. The summed E-state index contributed by atoms with van der Waals surface area (Å²) in [4.78, 5) is 2.42. The summed E-state index contributed by atoms with van der Waals surface area (Å²) in [5.74, 6) is 1.06. The molecule has 0 unspecified atom stereocenters. The normalized spacial score (nSPS) is 10.9. The third-order valence-corrected chi connectivity index (χ3v) is 3.42. The molecule has 0 aliphatic heterocycles. The van der Waals surface area contributed by atoms with E-state index in [1.54, 1.807) is 11.3 Å². The van der Waals surface area contributed by atoms with Crippen molar-refractivity contribution < 1.29 is 4.74 Å². The number of hydrogen-bond donors (Lipinski definition) is 0. The van der Waals surface area contributed by atoms with Crippen LogP contribution < -0.4 is 4.74 Å². The molecule has 1 aromatic rings. The lowest BCUT2D eigenvalue weighted by atomic mass is 10.3. The molecule has 1 heterocycles. The third kappa shape index (κ3) is 4.22. The highest BCUT2D eigenvalue weighted by atomic mass is 32.1. The molecule has 0 atom stereocenters. The van der Waals surface area contributed by atoms with E-state index in [4.69, 9.17) is 4.74 Å². The molecule has 0 aliphatic carbocycles. The number of rotatable bonds is 7. The van der Waals surface area contributed by atoms with Gasteiger partial charge < -0.3 is 9.64 Å². The van der Waals surface area contributed by atoms with Gasteiger partial charge in [0.2, 0.25) is 0 Å². The fraction of sp³-hybridized carbons (Fsp3) is 0.667. The van der Waals surface area contributed by atoms with Crippen LogP contribution in [-0.4, -0.2) is 31.1 Å². The van der Waals surface area contributed by atoms with E-state index in [1.165, 1.54) is 5.56 Å². The summed E-state index contributed by atoms with van der Waals surface area (Å²) in [5, 5.41) is 4.20. The Morgan fingerprint density at radius 2 is 2.00 bits per heavy atom. The summed E-state index contributed by atoms with van der Waals surface area (Å²) < 4.78 is 5.70. The average molecular weight is 227 g/mol. The zero-order chi connectivity index (χ0) is 11.1. The van der Waals surface area contributed by atoms with Gasteiger partial charge in [0, 0.05) is 17.5 Å². The van der Waals surface area contributed by atoms with Gasteiger partial charge in [0.1, 0.15) is 5.75 Å². The van der Waals surface area contributed by atoms with E-state index in [2.05, 4.69) is 36.4 Å². The van der Waals surface area contributed by atoms with Gasteiger partial charge in [0.05, 0.1) is 6.61 Å². The van der Waals surface area contributed by atoms with Crippen LogP contribution >= 0.6 is 11.3 Å². The quantitative estimate of drug-likeness (QED) is 0.663. The number of hydrogen-bond acceptors (Lipinski definition) is 3. The van der Waals surface area contributed by atoms with E-state index in [1.807, 2.05) is 0 Å². The number of aryl methyl sites for hydroxylation is 1. The van der Waals surface area contributed by atoms with Crippen molar-refractivity contribution in [3.63, 3.8) is 0 Å². The van der Waals surface area contributed by atoms with Gasteiger partial charge in [0.25, 0.3) is 0 Å². The second-order valence-corrected chi connectivity index (χ2v) is 4.39. The summed E-state index contributed by atoms with van der Waals surface area (Å²) in [7, 11) is 0. The molecule has 0 N–H and O–H groups in total. The van der Waals surface area contributed by atoms with E-state index in [-0.39, 0.29) is 0 Å². The second kappa shape index (κ2) is 6.85. The minimum Gasteiger partial charge on any atom is -0.492 e. The highest BCUT2D eigenvalue weighted by molar-refractivity contribution is 7.08. The summed E-state index contributed by atoms with van der Waals surface area (Å²) in [6.07, 6.45) is 1.11. The van der Waals surface area contributed by atoms with E-state index >= 15 is 0 Å². The molecule has 0 radical (unpaired) electrons. The fourth-order valence-electron chi connectivity index (χ4n) is 1.51. The highest BCUT2D eigenvalue weighted by Crippen LogP contribution is 2.21. The lowest BCUT2D eigenvalue weighted by Crippen LogP contribution is -2.25. The molecule has 86 valence electrons. The topological polar surface area (TPSA) is 12.5 Å². The van der Waals surface area contributed by atoms with Crippen molar-refractivity contribution in [2.24, 2.45) is 0 Å². The van der Waals surface area contributed by atoms with Gasteiger partial charge in [-0.2, -0.15) is 0 Å². The summed E-state index contributed by atoms with van der Waals surface area (Å²) in [6.45, 7) is 10.7. The molecular formula is C12H21NOS. The van der Waals surface area contributed by atoms with Gasteiger partial charge in [-0.05, 0) is 31.8 Å². The van der Waals surface area contributed by atoms with Crippen LogP contribution in [0.2, 0.25) is 0 Å². The summed E-state index contributed by atoms with van der Waals surface area (Å²) in [5.41, 5.74) is 1.25. The van der Waals surface area contributed by atoms with E-state index in [9.17, 15) is 0 Å². The lowest BCUT2D eigenvalue weighted by Gasteiger charge is -2.17. The van der Waals surface area contributed by atoms with Crippen molar-refractivity contribution >= 4 is 11.3 Å². The Morgan fingerprint density at radius 3 is 2.53 bits per heavy atom. The van der Waals surface area contributed by atoms with Gasteiger partial charge >= 0.3 is 0 Å². The molecule has 0 saturated heterocycles. The van der Waals surface area contributed by atoms with Gasteiger partial charge in [-0.15, -0.1) is 11.3 Å². The number of nitrogens with zero attached hydrogens (tertiary/aromatic N) is 1. The van der Waals surface area contributed by atoms with Crippen LogP contribution in [-0.2, 0) is 0 Å². The minimum atomic E-state index is 0.827. The van der Waals surface area contributed by atoms with Crippen LogP contribution in [0.15, 0.2) is 10.8 Å². The maximum absolute atomic E-state index is 5.70. The van der Waals surface area contributed by atoms with Crippen LogP contribution in [0, 0.1) is 6.92 Å². The maximum Gasteiger partial charge on any atom is 0.132 e. The first-order chi connectivity index (χ1) is 7.27. The fourth-order valence-corrected chi connectivity index (χ4v) is 2.27. The standard InChI is InChI=1S/C12H21NOS/c1-4-13(5-2)7-6-8-14-12-10-15-9-11(12)3/h9-10H,4-8H2,1-3H3. The van der Waals surface area contributed by atoms with E-state index in [0.29, 0.717) is 0 Å². The average Bonchev–Trinajstić information content (AvgIpc) is 2.65. The van der Waals surface area contributed by atoms with Crippen LogP contribution in [0.4, 0.5) is 0 Å². The molecule has 0 spiro atoms. The largest absolute Gasteiger partial charge is 0.492 e.